The predicted molar refractivity (Wildman–Crippen MR) is 118 cm³/mol. The minimum atomic E-state index is -4.64. The van der Waals surface area contributed by atoms with Gasteiger partial charge in [-0.05, 0) is 81.0 Å². The number of nitrogens with one attached hydrogen (secondary N) is 1. The molecular formula is C24H37NO6S. The first-order chi connectivity index (χ1) is 15.0. The van der Waals surface area contributed by atoms with Crippen molar-refractivity contribution in [2.45, 2.75) is 71.8 Å². The summed E-state index contributed by atoms with van der Waals surface area (Å²) in [6, 6.07) is 5.86. The second-order valence-electron chi connectivity index (χ2n) is 10.3. The lowest BCUT2D eigenvalue weighted by Crippen LogP contribution is -2.55. The number of carbonyl (C=O) groups is 1. The molecule has 1 aromatic rings. The summed E-state index contributed by atoms with van der Waals surface area (Å²) in [6.45, 7) is 6.55. The Morgan fingerprint density at radius 1 is 1.06 bits per heavy atom. The predicted octanol–water partition coefficient (Wildman–Crippen LogP) is 3.77. The normalized spacial score (nSPS) is 39.0. The number of methoxy groups -OCH3 is 1. The van der Waals surface area contributed by atoms with E-state index >= 15 is 0 Å². The molecule has 3 fully saturated rings. The van der Waals surface area contributed by atoms with Gasteiger partial charge in [0.05, 0.1) is 18.6 Å². The maximum absolute atomic E-state index is 12.4. The van der Waals surface area contributed by atoms with Crippen molar-refractivity contribution in [3.63, 3.8) is 0 Å². The second-order valence-corrected chi connectivity index (χ2v) is 11.3. The van der Waals surface area contributed by atoms with E-state index in [2.05, 4.69) is 18.8 Å². The molecule has 180 valence electrons. The summed E-state index contributed by atoms with van der Waals surface area (Å²) in [5, 5.41) is 0. The van der Waals surface area contributed by atoms with Crippen LogP contribution in [0.4, 0.5) is 0 Å². The molecule has 0 aliphatic heterocycles. The van der Waals surface area contributed by atoms with Crippen molar-refractivity contribution in [3.8, 4) is 0 Å². The molecule has 8 heteroatoms. The molecule has 32 heavy (non-hydrogen) atoms. The minimum absolute atomic E-state index is 0.103. The van der Waals surface area contributed by atoms with Gasteiger partial charge in [0.1, 0.15) is 0 Å². The average Bonchev–Trinajstić information content (AvgIpc) is 2.76. The van der Waals surface area contributed by atoms with Gasteiger partial charge in [0, 0.05) is 12.1 Å². The zero-order chi connectivity index (χ0) is 23.6. The fourth-order valence-corrected chi connectivity index (χ4v) is 7.32. The summed E-state index contributed by atoms with van der Waals surface area (Å²) >= 11 is 0. The highest BCUT2D eigenvalue weighted by Gasteiger charge is 2.58. The van der Waals surface area contributed by atoms with Crippen LogP contribution in [0.1, 0.15) is 65.7 Å². The summed E-state index contributed by atoms with van der Waals surface area (Å²) < 4.78 is 42.7. The van der Waals surface area contributed by atoms with Crippen molar-refractivity contribution in [3.05, 3.63) is 30.6 Å². The molecule has 0 saturated heterocycles. The van der Waals surface area contributed by atoms with E-state index < -0.39 is 21.9 Å². The minimum Gasteiger partial charge on any atom is -0.726 e. The van der Waals surface area contributed by atoms with Crippen LogP contribution in [0.5, 0.6) is 0 Å². The molecule has 1 aromatic heterocycles. The first-order valence-electron chi connectivity index (χ1n) is 11.6. The van der Waals surface area contributed by atoms with Gasteiger partial charge in [-0.3, -0.25) is 8.98 Å². The molecule has 2 unspecified atom stereocenters. The number of pyridine rings is 1. The van der Waals surface area contributed by atoms with Gasteiger partial charge in [-0.2, -0.15) is 0 Å². The Bertz CT molecular complexity index is 851. The van der Waals surface area contributed by atoms with Crippen LogP contribution in [0.25, 0.3) is 0 Å². The highest BCUT2D eigenvalue weighted by atomic mass is 32.3. The van der Waals surface area contributed by atoms with Crippen LogP contribution in [0, 0.1) is 34.5 Å². The molecule has 0 spiro atoms. The van der Waals surface area contributed by atoms with Crippen molar-refractivity contribution >= 4 is 16.4 Å². The topological polar surface area (TPSA) is 107 Å². The summed E-state index contributed by atoms with van der Waals surface area (Å²) in [5.74, 6) is 1.54. The van der Waals surface area contributed by atoms with E-state index in [-0.39, 0.29) is 17.3 Å². The van der Waals surface area contributed by atoms with Gasteiger partial charge in [-0.25, -0.2) is 13.4 Å². The second kappa shape index (κ2) is 9.77. The molecular weight excluding hydrogens is 430 g/mol. The van der Waals surface area contributed by atoms with Crippen molar-refractivity contribution in [1.82, 2.24) is 0 Å². The number of fused-ring (bicyclic) bond motifs is 3. The number of esters is 1. The third-order valence-electron chi connectivity index (χ3n) is 8.83. The molecule has 0 aromatic carbocycles. The maximum Gasteiger partial charge on any atom is 0.311 e. The highest BCUT2D eigenvalue weighted by Crippen LogP contribution is 2.63. The lowest BCUT2D eigenvalue weighted by atomic mass is 9.45. The molecule has 0 bridgehead atoms. The first kappa shape index (κ1) is 25.1. The van der Waals surface area contributed by atoms with Crippen LogP contribution >= 0.6 is 0 Å². The van der Waals surface area contributed by atoms with Gasteiger partial charge in [0.15, 0.2) is 12.4 Å². The molecule has 3 aliphatic carbocycles. The van der Waals surface area contributed by atoms with Gasteiger partial charge in [0.2, 0.25) is 10.4 Å². The van der Waals surface area contributed by atoms with E-state index in [1.54, 1.807) is 0 Å². The Labute approximate surface area is 192 Å². The van der Waals surface area contributed by atoms with Crippen LogP contribution in [0.2, 0.25) is 0 Å². The molecule has 7 nitrogen and oxygen atoms in total. The highest BCUT2D eigenvalue weighted by molar-refractivity contribution is 7.80. The fraction of sp³-hybridized carbons (Fsp3) is 0.750. The Balaban J connectivity index is 0.000000416. The summed E-state index contributed by atoms with van der Waals surface area (Å²) in [4.78, 5) is 15.3. The Hall–Kier alpha value is -1.51. The zero-order valence-corrected chi connectivity index (χ0v) is 20.4. The van der Waals surface area contributed by atoms with E-state index in [1.165, 1.54) is 7.11 Å². The summed E-state index contributed by atoms with van der Waals surface area (Å²) in [6.07, 6.45) is 9.27. The first-order valence-corrected chi connectivity index (χ1v) is 13.0. The largest absolute Gasteiger partial charge is 0.726 e. The number of aromatic nitrogens is 1. The van der Waals surface area contributed by atoms with Crippen LogP contribution in [0.15, 0.2) is 30.6 Å². The van der Waals surface area contributed by atoms with Gasteiger partial charge in [0.25, 0.3) is 0 Å². The van der Waals surface area contributed by atoms with Crippen LogP contribution in [-0.2, 0) is 24.1 Å². The van der Waals surface area contributed by atoms with E-state index in [1.807, 2.05) is 37.5 Å². The number of H-pyrrole nitrogens is 1. The lowest BCUT2D eigenvalue weighted by Gasteiger charge is -2.60. The molecule has 0 amide bonds. The molecule has 3 aliphatic rings. The van der Waals surface area contributed by atoms with Crippen LogP contribution in [-0.4, -0.2) is 32.2 Å². The summed E-state index contributed by atoms with van der Waals surface area (Å²) in [7, 11) is -3.17. The molecule has 0 radical (unpaired) electrons. The zero-order valence-electron chi connectivity index (χ0n) is 19.6. The van der Waals surface area contributed by atoms with Crippen LogP contribution < -0.4 is 4.98 Å². The molecule has 1 N–H and O–H groups in total. The number of carbonyl (C=O) groups excluding carboxylic acids is 1. The number of rotatable bonds is 3. The van der Waals surface area contributed by atoms with Crippen molar-refractivity contribution in [1.29, 1.82) is 0 Å². The van der Waals surface area contributed by atoms with Crippen molar-refractivity contribution < 1.29 is 31.7 Å². The van der Waals surface area contributed by atoms with E-state index in [9.17, 15) is 17.8 Å². The smallest absolute Gasteiger partial charge is 0.311 e. The van der Waals surface area contributed by atoms with Gasteiger partial charge < -0.3 is 9.29 Å². The quantitative estimate of drug-likeness (QED) is 0.380. The number of ether oxygens (including phenoxy) is 1. The average molecular weight is 468 g/mol. The van der Waals surface area contributed by atoms with E-state index in [4.69, 9.17) is 8.92 Å². The lowest BCUT2D eigenvalue weighted by molar-refractivity contribution is -0.377. The maximum atomic E-state index is 12.4. The Kier molecular flexibility index (Phi) is 7.67. The standard InChI is InChI=1S/C19H32O6S.C5H5N/c1-12-15-6-5-13-11-14(25-26(21,22)23)7-9-19(13,3)16(15)8-10-18(12,2)17(20)24-4;1-2-4-6-5-3-1/h12-16H,5-11H2,1-4H3,(H,21,22,23);1-5H/t12-,13+,14+,15?,16?,18-,19-;/m0./s1. The molecule has 7 atom stereocenters. The molecule has 1 heterocycles. The van der Waals surface area contributed by atoms with E-state index in [0.29, 0.717) is 30.6 Å². The van der Waals surface area contributed by atoms with Gasteiger partial charge >= 0.3 is 5.97 Å². The summed E-state index contributed by atoms with van der Waals surface area (Å²) in [5.41, 5.74) is -0.294. The third-order valence-corrected chi connectivity index (χ3v) is 9.34. The number of hydrogen-bond acceptors (Lipinski definition) is 6. The van der Waals surface area contributed by atoms with E-state index in [0.717, 1.165) is 32.1 Å². The Morgan fingerprint density at radius 3 is 2.28 bits per heavy atom. The molecule has 4 rings (SSSR count). The van der Waals surface area contributed by atoms with Gasteiger partial charge in [-0.1, -0.05) is 19.9 Å². The van der Waals surface area contributed by atoms with Gasteiger partial charge in [-0.15, -0.1) is 0 Å². The number of hydrogen-bond donors (Lipinski definition) is 0. The van der Waals surface area contributed by atoms with Crippen LogP contribution in [0.3, 0.4) is 0 Å². The fourth-order valence-electron chi connectivity index (χ4n) is 6.82. The monoisotopic (exact) mass is 467 g/mol. The Morgan fingerprint density at radius 2 is 1.75 bits per heavy atom. The SMILES string of the molecule is COC(=O)[C@@]1(C)CCC2C(CC[C@@H]3C[C@H](OS(=O)(=O)[O-])CC[C@]23C)[C@@H]1C.c1cc[nH+]cc1. The molecule has 3 saturated carbocycles. The third kappa shape index (κ3) is 5.18. The van der Waals surface area contributed by atoms with Crippen molar-refractivity contribution in [2.24, 2.45) is 34.5 Å². The number of aromatic amines is 1. The van der Waals surface area contributed by atoms with Crippen molar-refractivity contribution in [2.75, 3.05) is 7.11 Å².